The quantitative estimate of drug-likeness (QED) is 0.655. The van der Waals surface area contributed by atoms with Crippen LogP contribution in [-0.4, -0.2) is 9.55 Å². The van der Waals surface area contributed by atoms with Crippen molar-refractivity contribution in [3.63, 3.8) is 0 Å². The van der Waals surface area contributed by atoms with E-state index in [0.717, 1.165) is 5.56 Å². The summed E-state index contributed by atoms with van der Waals surface area (Å²) in [6.07, 6.45) is 3.28. The molecule has 0 amide bonds. The van der Waals surface area contributed by atoms with Crippen LogP contribution >= 0.6 is 0 Å². The molecule has 0 fully saturated rings. The molecular weight excluding hydrogens is 188 g/mol. The van der Waals surface area contributed by atoms with E-state index >= 15 is 0 Å². The van der Waals surface area contributed by atoms with Crippen molar-refractivity contribution in [2.24, 2.45) is 0 Å². The van der Waals surface area contributed by atoms with Crippen LogP contribution < -0.4 is 5.56 Å². The van der Waals surface area contributed by atoms with Gasteiger partial charge >= 0.3 is 0 Å². The fourth-order valence-electron chi connectivity index (χ4n) is 1.40. The van der Waals surface area contributed by atoms with E-state index in [1.807, 2.05) is 41.5 Å². The normalized spacial score (nSPS) is 12.9. The molecule has 0 unspecified atom stereocenters. The molecule has 1 aromatic rings. The highest BCUT2D eigenvalue weighted by molar-refractivity contribution is 5.16. The Kier molecular flexibility index (Phi) is 2.77. The Labute approximate surface area is 91.2 Å². The van der Waals surface area contributed by atoms with Gasteiger partial charge in [0.1, 0.15) is 0 Å². The third-order valence-electron chi connectivity index (χ3n) is 2.37. The molecule has 0 aliphatic carbocycles. The molecule has 0 saturated heterocycles. The van der Waals surface area contributed by atoms with Crippen LogP contribution in [0.1, 0.15) is 47.1 Å². The van der Waals surface area contributed by atoms with E-state index < -0.39 is 0 Å². The lowest BCUT2D eigenvalue weighted by Crippen LogP contribution is -2.38. The maximum absolute atomic E-state index is 12.2. The van der Waals surface area contributed by atoms with Crippen molar-refractivity contribution in [3.05, 3.63) is 28.4 Å². The molecule has 0 atom stereocenters. The maximum Gasteiger partial charge on any atom is 0.257 e. The van der Waals surface area contributed by atoms with Crippen molar-refractivity contribution >= 4 is 0 Å². The highest BCUT2D eigenvalue weighted by atomic mass is 16.1. The van der Waals surface area contributed by atoms with E-state index in [-0.39, 0.29) is 16.5 Å². The molecule has 0 aromatic carbocycles. The number of nitrogens with zero attached hydrogens (tertiary/aromatic N) is 2. The van der Waals surface area contributed by atoms with Crippen molar-refractivity contribution in [2.75, 3.05) is 0 Å². The van der Waals surface area contributed by atoms with E-state index in [4.69, 9.17) is 0 Å². The van der Waals surface area contributed by atoms with Crippen molar-refractivity contribution in [1.29, 1.82) is 0 Å². The minimum absolute atomic E-state index is 0.0602. The molecular formula is C12H20N2O. The molecule has 3 heteroatoms. The summed E-state index contributed by atoms with van der Waals surface area (Å²) in [6.45, 7) is 12.1. The Bertz CT molecular complexity index is 370. The van der Waals surface area contributed by atoms with Gasteiger partial charge in [-0.05, 0) is 26.2 Å². The number of rotatable bonds is 0. The average molecular weight is 208 g/mol. The zero-order chi connectivity index (χ0) is 11.9. The summed E-state index contributed by atoms with van der Waals surface area (Å²) in [4.78, 5) is 16.3. The highest BCUT2D eigenvalue weighted by Crippen LogP contribution is 2.18. The minimum atomic E-state index is -0.217. The summed E-state index contributed by atoms with van der Waals surface area (Å²) in [5.74, 6) is 0. The molecule has 0 aliphatic heterocycles. The second-order valence-electron chi connectivity index (χ2n) is 5.90. The van der Waals surface area contributed by atoms with Gasteiger partial charge in [0, 0.05) is 17.3 Å². The van der Waals surface area contributed by atoms with Gasteiger partial charge in [0.25, 0.3) is 5.56 Å². The van der Waals surface area contributed by atoms with Crippen molar-refractivity contribution < 1.29 is 0 Å². The lowest BCUT2D eigenvalue weighted by atomic mass is 9.89. The van der Waals surface area contributed by atoms with Crippen molar-refractivity contribution in [1.82, 2.24) is 9.55 Å². The van der Waals surface area contributed by atoms with Crippen LogP contribution in [0, 0.1) is 0 Å². The zero-order valence-electron chi connectivity index (χ0n) is 10.5. The van der Waals surface area contributed by atoms with Crippen molar-refractivity contribution in [3.8, 4) is 0 Å². The monoisotopic (exact) mass is 208 g/mol. The second kappa shape index (κ2) is 3.47. The van der Waals surface area contributed by atoms with Gasteiger partial charge in [-0.15, -0.1) is 0 Å². The first-order chi connectivity index (χ1) is 6.64. The molecule has 3 nitrogen and oxygen atoms in total. The third-order valence-corrected chi connectivity index (χ3v) is 2.37. The first-order valence-corrected chi connectivity index (χ1v) is 5.21. The lowest BCUT2D eigenvalue weighted by molar-refractivity contribution is 0.372. The Morgan fingerprint density at radius 3 is 2.07 bits per heavy atom. The Balaban J connectivity index is 3.44. The number of hydrogen-bond donors (Lipinski definition) is 0. The third kappa shape index (κ3) is 2.46. The molecule has 15 heavy (non-hydrogen) atoms. The molecule has 0 radical (unpaired) electrons. The molecule has 1 rings (SSSR count). The molecule has 1 heterocycles. The second-order valence-corrected chi connectivity index (χ2v) is 5.90. The summed E-state index contributed by atoms with van der Waals surface area (Å²) < 4.78 is 1.69. The first-order valence-electron chi connectivity index (χ1n) is 5.21. The lowest BCUT2D eigenvalue weighted by Gasteiger charge is -2.25. The molecule has 0 spiro atoms. The smallest absolute Gasteiger partial charge is 0.257 e. The van der Waals surface area contributed by atoms with Crippen molar-refractivity contribution in [2.45, 2.75) is 52.5 Å². The van der Waals surface area contributed by atoms with Gasteiger partial charge in [0.2, 0.25) is 0 Å². The first kappa shape index (κ1) is 12.0. The summed E-state index contributed by atoms with van der Waals surface area (Å²) in [6, 6.07) is 0. The van der Waals surface area contributed by atoms with E-state index in [9.17, 15) is 4.79 Å². The SMILES string of the molecule is CC(C)(C)c1cncn(C(C)(C)C)c1=O. The summed E-state index contributed by atoms with van der Waals surface area (Å²) >= 11 is 0. The summed E-state index contributed by atoms with van der Waals surface area (Å²) in [7, 11) is 0. The van der Waals surface area contributed by atoms with Crippen LogP contribution in [0.25, 0.3) is 0 Å². The molecule has 0 bridgehead atoms. The van der Waals surface area contributed by atoms with E-state index in [1.165, 1.54) is 0 Å². The molecule has 0 saturated carbocycles. The predicted octanol–water partition coefficient (Wildman–Crippen LogP) is 2.30. The van der Waals surface area contributed by atoms with Gasteiger partial charge < -0.3 is 0 Å². The van der Waals surface area contributed by atoms with Gasteiger partial charge in [0.05, 0.1) is 6.33 Å². The van der Waals surface area contributed by atoms with Crippen LogP contribution in [0.5, 0.6) is 0 Å². The van der Waals surface area contributed by atoms with E-state index in [1.54, 1.807) is 17.1 Å². The van der Waals surface area contributed by atoms with Crippen LogP contribution in [0.15, 0.2) is 17.3 Å². The average Bonchev–Trinajstić information content (AvgIpc) is 1.99. The van der Waals surface area contributed by atoms with Crippen LogP contribution in [0.4, 0.5) is 0 Å². The summed E-state index contributed by atoms with van der Waals surface area (Å²) in [5.41, 5.74) is 0.453. The largest absolute Gasteiger partial charge is 0.294 e. The number of hydrogen-bond acceptors (Lipinski definition) is 2. The van der Waals surface area contributed by atoms with Crippen LogP contribution in [-0.2, 0) is 11.0 Å². The maximum atomic E-state index is 12.2. The predicted molar refractivity (Wildman–Crippen MR) is 62.2 cm³/mol. The van der Waals surface area contributed by atoms with Gasteiger partial charge in [-0.25, -0.2) is 4.98 Å². The Hall–Kier alpha value is -1.12. The van der Waals surface area contributed by atoms with Gasteiger partial charge in [0.15, 0.2) is 0 Å². The van der Waals surface area contributed by atoms with E-state index in [0.29, 0.717) is 0 Å². The molecule has 0 aliphatic rings. The zero-order valence-corrected chi connectivity index (χ0v) is 10.5. The van der Waals surface area contributed by atoms with Gasteiger partial charge in [-0.1, -0.05) is 20.8 Å². The molecule has 0 N–H and O–H groups in total. The Morgan fingerprint density at radius 2 is 1.67 bits per heavy atom. The topological polar surface area (TPSA) is 34.9 Å². The summed E-state index contributed by atoms with van der Waals surface area (Å²) in [5, 5.41) is 0. The minimum Gasteiger partial charge on any atom is -0.294 e. The van der Waals surface area contributed by atoms with E-state index in [2.05, 4.69) is 4.98 Å². The standard InChI is InChI=1S/C12H20N2O/c1-11(2,3)9-7-13-8-14(10(9)15)12(4,5)6/h7-8H,1-6H3. The molecule has 84 valence electrons. The fraction of sp³-hybridized carbons (Fsp3) is 0.667. The molecule has 1 aromatic heterocycles. The number of aromatic nitrogens is 2. The van der Waals surface area contributed by atoms with Gasteiger partial charge in [-0.2, -0.15) is 0 Å². The van der Waals surface area contributed by atoms with Crippen LogP contribution in [0.3, 0.4) is 0 Å². The highest BCUT2D eigenvalue weighted by Gasteiger charge is 2.22. The van der Waals surface area contributed by atoms with Crippen LogP contribution in [0.2, 0.25) is 0 Å². The fourth-order valence-corrected chi connectivity index (χ4v) is 1.40. The Morgan fingerprint density at radius 1 is 1.13 bits per heavy atom. The van der Waals surface area contributed by atoms with Gasteiger partial charge in [-0.3, -0.25) is 9.36 Å².